The molecule has 2 N–H and O–H groups in total. The molecular formula is C21H27F3N4O. The molecule has 2 aromatic rings. The lowest BCUT2D eigenvalue weighted by molar-refractivity contribution is -0.137. The van der Waals surface area contributed by atoms with Gasteiger partial charge in [0.1, 0.15) is 17.9 Å². The molecule has 0 saturated heterocycles. The number of nitrogens with zero attached hydrogens (tertiary/aromatic N) is 2. The van der Waals surface area contributed by atoms with Crippen LogP contribution in [0.1, 0.15) is 39.7 Å². The molecule has 0 amide bonds. The molecule has 0 bridgehead atoms. The molecule has 8 heteroatoms. The molecule has 0 aliphatic heterocycles. The highest BCUT2D eigenvalue weighted by molar-refractivity contribution is 5.44. The van der Waals surface area contributed by atoms with Gasteiger partial charge in [-0.05, 0) is 43.2 Å². The van der Waals surface area contributed by atoms with E-state index in [1.807, 2.05) is 20.8 Å². The minimum atomic E-state index is -4.35. The van der Waals surface area contributed by atoms with E-state index < -0.39 is 11.7 Å². The molecule has 0 fully saturated rings. The summed E-state index contributed by atoms with van der Waals surface area (Å²) in [5.41, 5.74) is 0.970. The van der Waals surface area contributed by atoms with Gasteiger partial charge in [-0.2, -0.15) is 13.2 Å². The number of anilines is 1. The first kappa shape index (κ1) is 22.5. The van der Waals surface area contributed by atoms with Gasteiger partial charge in [0.2, 0.25) is 0 Å². The average molecular weight is 408 g/mol. The first-order chi connectivity index (χ1) is 13.6. The summed E-state index contributed by atoms with van der Waals surface area (Å²) in [6.07, 6.45) is 1.37. The minimum Gasteiger partial charge on any atom is -0.493 e. The highest BCUT2D eigenvalue weighted by Gasteiger charge is 2.30. The number of nitrogens with one attached hydrogen (secondary N) is 2. The Morgan fingerprint density at radius 2 is 1.69 bits per heavy atom. The predicted molar refractivity (Wildman–Crippen MR) is 107 cm³/mol. The van der Waals surface area contributed by atoms with Gasteiger partial charge in [0.25, 0.3) is 0 Å². The Morgan fingerprint density at radius 3 is 2.24 bits per heavy atom. The van der Waals surface area contributed by atoms with Gasteiger partial charge in [-0.1, -0.05) is 20.8 Å². The zero-order chi connectivity index (χ0) is 21.5. The van der Waals surface area contributed by atoms with Crippen LogP contribution in [0.2, 0.25) is 0 Å². The molecule has 0 atom stereocenters. The topological polar surface area (TPSA) is 59.1 Å². The van der Waals surface area contributed by atoms with Gasteiger partial charge in [0.05, 0.1) is 30.3 Å². The van der Waals surface area contributed by atoms with E-state index in [0.29, 0.717) is 18.9 Å². The number of halogens is 3. The number of alkyl halides is 3. The number of rotatable bonds is 9. The molecule has 1 aromatic heterocycles. The number of benzene rings is 1. The van der Waals surface area contributed by atoms with Gasteiger partial charge in [-0.25, -0.2) is 9.97 Å². The fourth-order valence-corrected chi connectivity index (χ4v) is 2.38. The molecule has 1 heterocycles. The summed E-state index contributed by atoms with van der Waals surface area (Å²) in [5.74, 6) is 1.29. The van der Waals surface area contributed by atoms with Crippen molar-refractivity contribution in [1.29, 1.82) is 0 Å². The zero-order valence-corrected chi connectivity index (χ0v) is 17.1. The van der Waals surface area contributed by atoms with Crippen molar-refractivity contribution >= 4 is 5.69 Å². The Bertz CT molecular complexity index is 803. The van der Waals surface area contributed by atoms with Crippen molar-refractivity contribution in [1.82, 2.24) is 15.3 Å². The number of allylic oxidation sites excluding steroid dienone is 1. The van der Waals surface area contributed by atoms with Crippen molar-refractivity contribution in [3.05, 3.63) is 59.9 Å². The van der Waals surface area contributed by atoms with Crippen LogP contribution in [0, 0.1) is 5.41 Å². The summed E-state index contributed by atoms with van der Waals surface area (Å²) < 4.78 is 43.7. The van der Waals surface area contributed by atoms with Gasteiger partial charge in [-0.3, -0.25) is 0 Å². The van der Waals surface area contributed by atoms with E-state index in [1.54, 1.807) is 12.4 Å². The summed E-state index contributed by atoms with van der Waals surface area (Å²) in [7, 11) is 0. The molecule has 1 aromatic carbocycles. The van der Waals surface area contributed by atoms with Gasteiger partial charge in [-0.15, -0.1) is 0 Å². The van der Waals surface area contributed by atoms with E-state index in [1.165, 1.54) is 18.5 Å². The second-order valence-electron chi connectivity index (χ2n) is 7.59. The third kappa shape index (κ3) is 7.29. The van der Waals surface area contributed by atoms with Crippen molar-refractivity contribution < 1.29 is 17.9 Å². The largest absolute Gasteiger partial charge is 0.493 e. The van der Waals surface area contributed by atoms with Gasteiger partial charge in [0, 0.05) is 12.0 Å². The number of hydrogen-bond donors (Lipinski definition) is 2. The molecule has 0 aliphatic carbocycles. The SMILES string of the molecule is CC/C(C)=C(\NCC(C)(C)COc1ccc(C(F)(F)F)cc1)Nc1cncnc1. The van der Waals surface area contributed by atoms with Crippen molar-refractivity contribution in [3.63, 3.8) is 0 Å². The van der Waals surface area contributed by atoms with E-state index in [4.69, 9.17) is 4.74 Å². The van der Waals surface area contributed by atoms with E-state index >= 15 is 0 Å². The lowest BCUT2D eigenvalue weighted by atomic mass is 9.94. The Morgan fingerprint density at radius 1 is 1.07 bits per heavy atom. The standard InChI is InChI=1S/C21H27F3N4O/c1-5-15(2)19(28-17-10-25-14-26-11-17)27-12-20(3,4)13-29-18-8-6-16(7-9-18)21(22,23)24/h6-11,14,27-28H,5,12-13H2,1-4H3/b19-15+. The quantitative estimate of drug-likeness (QED) is 0.594. The lowest BCUT2D eigenvalue weighted by Crippen LogP contribution is -2.36. The Hall–Kier alpha value is -2.77. The van der Waals surface area contributed by atoms with Crippen LogP contribution in [0.5, 0.6) is 5.75 Å². The predicted octanol–water partition coefficient (Wildman–Crippen LogP) is 5.24. The minimum absolute atomic E-state index is 0.267. The maximum atomic E-state index is 12.7. The van der Waals surface area contributed by atoms with Crippen molar-refractivity contribution in [3.8, 4) is 5.75 Å². The summed E-state index contributed by atoms with van der Waals surface area (Å²) >= 11 is 0. The molecule has 0 spiro atoms. The van der Waals surface area contributed by atoms with Crippen LogP contribution in [0.4, 0.5) is 18.9 Å². The van der Waals surface area contributed by atoms with Crippen LogP contribution in [-0.2, 0) is 6.18 Å². The van der Waals surface area contributed by atoms with E-state index in [9.17, 15) is 13.2 Å². The fourth-order valence-electron chi connectivity index (χ4n) is 2.38. The highest BCUT2D eigenvalue weighted by Crippen LogP contribution is 2.30. The van der Waals surface area contributed by atoms with Crippen LogP contribution >= 0.6 is 0 Å². The third-order valence-corrected chi connectivity index (χ3v) is 4.34. The first-order valence-corrected chi connectivity index (χ1v) is 9.36. The van der Waals surface area contributed by atoms with Gasteiger partial charge in [0.15, 0.2) is 0 Å². The maximum absolute atomic E-state index is 12.7. The second kappa shape index (κ2) is 9.62. The molecule has 29 heavy (non-hydrogen) atoms. The molecule has 158 valence electrons. The third-order valence-electron chi connectivity index (χ3n) is 4.34. The van der Waals surface area contributed by atoms with Gasteiger partial charge >= 0.3 is 6.18 Å². The van der Waals surface area contributed by atoms with Crippen LogP contribution < -0.4 is 15.4 Å². The maximum Gasteiger partial charge on any atom is 0.416 e. The van der Waals surface area contributed by atoms with Crippen molar-refractivity contribution in [2.24, 2.45) is 5.41 Å². The summed E-state index contributed by atoms with van der Waals surface area (Å²) in [5, 5.41) is 6.70. The molecule has 0 aliphatic rings. The van der Waals surface area contributed by atoms with Crippen LogP contribution in [0.15, 0.2) is 54.4 Å². The average Bonchev–Trinajstić information content (AvgIpc) is 2.69. The monoisotopic (exact) mass is 408 g/mol. The smallest absolute Gasteiger partial charge is 0.416 e. The second-order valence-corrected chi connectivity index (χ2v) is 7.59. The molecule has 0 radical (unpaired) electrons. The number of hydrogen-bond acceptors (Lipinski definition) is 5. The summed E-state index contributed by atoms with van der Waals surface area (Å²) in [6, 6.07) is 4.74. The highest BCUT2D eigenvalue weighted by atomic mass is 19.4. The molecule has 2 rings (SSSR count). The van der Waals surface area contributed by atoms with Crippen molar-refractivity contribution in [2.75, 3.05) is 18.5 Å². The fraction of sp³-hybridized carbons (Fsp3) is 0.429. The Balaban J connectivity index is 1.94. The molecule has 0 unspecified atom stereocenters. The van der Waals surface area contributed by atoms with E-state index in [-0.39, 0.29) is 5.41 Å². The first-order valence-electron chi connectivity index (χ1n) is 9.36. The Kier molecular flexibility index (Phi) is 7.47. The van der Waals surface area contributed by atoms with Crippen molar-refractivity contribution in [2.45, 2.75) is 40.3 Å². The van der Waals surface area contributed by atoms with E-state index in [0.717, 1.165) is 35.6 Å². The summed E-state index contributed by atoms with van der Waals surface area (Å²) in [4.78, 5) is 8.00. The van der Waals surface area contributed by atoms with Crippen LogP contribution in [-0.4, -0.2) is 23.1 Å². The molecule has 0 saturated carbocycles. The summed E-state index contributed by atoms with van der Waals surface area (Å²) in [6.45, 7) is 9.09. The van der Waals surface area contributed by atoms with E-state index in [2.05, 4.69) is 27.5 Å². The lowest BCUT2D eigenvalue weighted by Gasteiger charge is -2.27. The van der Waals surface area contributed by atoms with Crippen LogP contribution in [0.3, 0.4) is 0 Å². The molecule has 5 nitrogen and oxygen atoms in total. The zero-order valence-electron chi connectivity index (χ0n) is 17.1. The normalized spacial score (nSPS) is 12.9. The van der Waals surface area contributed by atoms with Crippen LogP contribution in [0.25, 0.3) is 0 Å². The van der Waals surface area contributed by atoms with Gasteiger partial charge < -0.3 is 15.4 Å². The number of ether oxygens (including phenoxy) is 1. The molecular weight excluding hydrogens is 381 g/mol. The number of aromatic nitrogens is 2. The Labute approximate surface area is 169 Å².